The molecule has 9 N–H and O–H groups in total. The molecule has 0 aromatic carbocycles. The van der Waals surface area contributed by atoms with Crippen LogP contribution in [0.15, 0.2) is 0 Å². The maximum Gasteiger partial charge on any atom is 0.870 e. The van der Waals surface area contributed by atoms with Gasteiger partial charge in [0.05, 0.1) is 19.3 Å². The fourth-order valence-electron chi connectivity index (χ4n) is 1.43. The predicted molar refractivity (Wildman–Crippen MR) is 84.7 cm³/mol. The first-order valence-corrected chi connectivity index (χ1v) is 7.37. The Morgan fingerprint density at radius 1 is 0.607 bits per heavy atom. The third-order valence-corrected chi connectivity index (χ3v) is 2.73. The van der Waals surface area contributed by atoms with Crippen LogP contribution < -0.4 is 17.2 Å². The largest absolute Gasteiger partial charge is 0.870 e. The van der Waals surface area contributed by atoms with Crippen molar-refractivity contribution in [3.8, 4) is 0 Å². The van der Waals surface area contributed by atoms with E-state index in [1.807, 2.05) is 0 Å². The van der Waals surface area contributed by atoms with Crippen LogP contribution in [0.5, 0.6) is 0 Å². The Labute approximate surface area is 156 Å². The van der Waals surface area contributed by atoms with Crippen molar-refractivity contribution in [2.75, 3.05) is 0 Å². The third-order valence-electron chi connectivity index (χ3n) is 2.73. The molecule has 15 nitrogen and oxygen atoms in total. The predicted octanol–water partition coefficient (Wildman–Crippen LogP) is -3.99. The van der Waals surface area contributed by atoms with Crippen LogP contribution in [0, 0.1) is 0 Å². The molecule has 0 amide bonds. The molecular formula is C12H18BN3O12. The Hall–Kier alpha value is -3.24. The Balaban J connectivity index is 5.19. The molecule has 3 atom stereocenters. The molecule has 0 bridgehead atoms. The van der Waals surface area contributed by atoms with Gasteiger partial charge >= 0.3 is 43.1 Å². The van der Waals surface area contributed by atoms with Gasteiger partial charge in [-0.2, -0.15) is 0 Å². The summed E-state index contributed by atoms with van der Waals surface area (Å²) in [5.74, 6) is -8.81. The zero-order valence-electron chi connectivity index (χ0n) is 14.2. The lowest BCUT2D eigenvalue weighted by molar-refractivity contribution is -0.154. The topological polar surface area (TPSA) is 269 Å². The van der Waals surface area contributed by atoms with Gasteiger partial charge in [-0.3, -0.25) is 28.8 Å². The first-order chi connectivity index (χ1) is 12.8. The fraction of sp³-hybridized carbons (Fsp3) is 0.500. The Morgan fingerprint density at radius 3 is 1.00 bits per heavy atom. The Kier molecular flexibility index (Phi) is 10.1. The van der Waals surface area contributed by atoms with Crippen LogP contribution in [0.3, 0.4) is 0 Å². The summed E-state index contributed by atoms with van der Waals surface area (Å²) >= 11 is 0. The minimum absolute atomic E-state index is 0.884. The molecule has 0 aromatic rings. The van der Waals surface area contributed by atoms with Crippen molar-refractivity contribution >= 4 is 43.1 Å². The van der Waals surface area contributed by atoms with Crippen LogP contribution in [0.25, 0.3) is 0 Å². The highest BCUT2D eigenvalue weighted by atomic mass is 16.8. The van der Waals surface area contributed by atoms with Gasteiger partial charge in [-0.25, -0.2) is 0 Å². The van der Waals surface area contributed by atoms with Gasteiger partial charge in [0.2, 0.25) is 0 Å². The number of hydrogen-bond donors (Lipinski definition) is 6. The lowest BCUT2D eigenvalue weighted by Gasteiger charge is -2.18. The van der Waals surface area contributed by atoms with E-state index in [4.69, 9.17) is 32.5 Å². The van der Waals surface area contributed by atoms with E-state index in [0.717, 1.165) is 0 Å². The third kappa shape index (κ3) is 10.0. The van der Waals surface area contributed by atoms with E-state index in [1.165, 1.54) is 0 Å². The van der Waals surface area contributed by atoms with E-state index in [9.17, 15) is 28.8 Å². The summed E-state index contributed by atoms with van der Waals surface area (Å²) in [5.41, 5.74) is 15.7. The van der Waals surface area contributed by atoms with E-state index in [0.29, 0.717) is 0 Å². The van der Waals surface area contributed by atoms with Crippen LogP contribution in [-0.2, 0) is 42.7 Å². The molecule has 0 fully saturated rings. The second-order valence-corrected chi connectivity index (χ2v) is 5.21. The molecule has 0 radical (unpaired) electrons. The van der Waals surface area contributed by atoms with Crippen molar-refractivity contribution in [2.24, 2.45) is 17.2 Å². The first kappa shape index (κ1) is 24.8. The summed E-state index contributed by atoms with van der Waals surface area (Å²) in [4.78, 5) is 66.7. The van der Waals surface area contributed by atoms with Crippen molar-refractivity contribution in [1.29, 1.82) is 0 Å². The minimum Gasteiger partial charge on any atom is -0.481 e. The normalized spacial score (nSPS) is 13.4. The number of hydrogen-bond acceptors (Lipinski definition) is 12. The molecule has 0 aromatic heterocycles. The zero-order chi connectivity index (χ0) is 22.0. The molecule has 0 aliphatic rings. The molecule has 156 valence electrons. The second-order valence-electron chi connectivity index (χ2n) is 5.21. The molecule has 28 heavy (non-hydrogen) atoms. The summed E-state index contributed by atoms with van der Waals surface area (Å²) < 4.78 is 13.3. The van der Waals surface area contributed by atoms with E-state index >= 15 is 0 Å². The van der Waals surface area contributed by atoms with Crippen LogP contribution in [0.1, 0.15) is 19.3 Å². The summed E-state index contributed by atoms with van der Waals surface area (Å²) in [6.07, 6.45) is -2.65. The lowest BCUT2D eigenvalue weighted by Crippen LogP contribution is -2.47. The zero-order valence-corrected chi connectivity index (χ0v) is 14.2. The lowest BCUT2D eigenvalue weighted by atomic mass is 10.1. The molecule has 0 rings (SSSR count). The highest BCUT2D eigenvalue weighted by molar-refractivity contribution is 6.44. The molecule has 16 heteroatoms. The minimum atomic E-state index is -2.47. The Morgan fingerprint density at radius 2 is 0.821 bits per heavy atom. The van der Waals surface area contributed by atoms with Crippen LogP contribution in [-0.4, -0.2) is 76.6 Å². The Bertz CT molecular complexity index is 556. The maximum atomic E-state index is 11.7. The molecule has 3 unspecified atom stereocenters. The number of carbonyl (C=O) groups excluding carboxylic acids is 3. The fourth-order valence-corrected chi connectivity index (χ4v) is 1.43. The van der Waals surface area contributed by atoms with Crippen molar-refractivity contribution in [3.05, 3.63) is 0 Å². The monoisotopic (exact) mass is 407 g/mol. The van der Waals surface area contributed by atoms with Gasteiger partial charge in [-0.15, -0.1) is 0 Å². The summed E-state index contributed by atoms with van der Waals surface area (Å²) in [6, 6.07) is -5.21. The van der Waals surface area contributed by atoms with E-state index in [-0.39, 0.29) is 0 Å². The van der Waals surface area contributed by atoms with Crippen molar-refractivity contribution in [2.45, 2.75) is 37.4 Å². The molecule has 0 spiro atoms. The molecule has 0 aliphatic heterocycles. The van der Waals surface area contributed by atoms with Gasteiger partial charge in [0.15, 0.2) is 0 Å². The molecule has 0 saturated carbocycles. The van der Waals surface area contributed by atoms with Gasteiger partial charge in [0, 0.05) is 0 Å². The molecule has 0 saturated heterocycles. The highest BCUT2D eigenvalue weighted by Gasteiger charge is 2.41. The summed E-state index contributed by atoms with van der Waals surface area (Å²) in [7, 11) is -2.47. The molecular weight excluding hydrogens is 389 g/mol. The number of carbonyl (C=O) groups is 6. The smallest absolute Gasteiger partial charge is 0.481 e. The number of nitrogens with two attached hydrogens (primary N) is 3. The van der Waals surface area contributed by atoms with Gasteiger partial charge in [-0.1, -0.05) is 0 Å². The standard InChI is InChI=1S/C12H18BN3O12/c14-4(1-7(17)18)10(23)26-13(27-11(24)5(15)2-8(19)20)28-12(25)6(16)3-9(21)22/h4-6H,1-3,14-16H2,(H,17,18)(H,19,20)(H,21,22). The first-order valence-electron chi connectivity index (χ1n) is 7.37. The van der Waals surface area contributed by atoms with Crippen LogP contribution in [0.2, 0.25) is 0 Å². The van der Waals surface area contributed by atoms with Gasteiger partial charge < -0.3 is 46.5 Å². The quantitative estimate of drug-likeness (QED) is 0.168. The van der Waals surface area contributed by atoms with Crippen LogP contribution in [0.4, 0.5) is 0 Å². The highest BCUT2D eigenvalue weighted by Crippen LogP contribution is 2.04. The van der Waals surface area contributed by atoms with Crippen molar-refractivity contribution in [1.82, 2.24) is 0 Å². The van der Waals surface area contributed by atoms with Crippen molar-refractivity contribution < 1.29 is 58.0 Å². The van der Waals surface area contributed by atoms with Crippen LogP contribution >= 0.6 is 0 Å². The van der Waals surface area contributed by atoms with Crippen molar-refractivity contribution in [3.63, 3.8) is 0 Å². The van der Waals surface area contributed by atoms with Gasteiger partial charge in [0.1, 0.15) is 18.1 Å². The SMILES string of the molecule is NC(CC(=O)O)C(=O)OB(OC(=O)C(N)CC(=O)O)OC(=O)C(N)CC(=O)O. The van der Waals surface area contributed by atoms with E-state index < -0.39 is 80.5 Å². The number of rotatable bonds is 12. The summed E-state index contributed by atoms with van der Waals surface area (Å²) in [6.45, 7) is 0. The van der Waals surface area contributed by atoms with Gasteiger partial charge in [-0.05, 0) is 0 Å². The number of aliphatic carboxylic acids is 3. The average molecular weight is 407 g/mol. The van der Waals surface area contributed by atoms with E-state index in [1.54, 1.807) is 0 Å². The average Bonchev–Trinajstić information content (AvgIpc) is 2.52. The van der Waals surface area contributed by atoms with E-state index in [2.05, 4.69) is 14.0 Å². The second kappa shape index (κ2) is 11.5. The molecule has 0 aliphatic carbocycles. The number of carboxylic acid groups (broad SMARTS) is 3. The summed E-state index contributed by atoms with van der Waals surface area (Å²) in [5, 5.41) is 25.7. The van der Waals surface area contributed by atoms with Gasteiger partial charge in [0.25, 0.3) is 0 Å². The molecule has 0 heterocycles. The number of carboxylic acids is 3. The maximum absolute atomic E-state index is 11.7.